The number of benzene rings is 1. The molecule has 0 saturated heterocycles. The summed E-state index contributed by atoms with van der Waals surface area (Å²) in [5.41, 5.74) is 7.85. The van der Waals surface area contributed by atoms with Crippen LogP contribution in [0, 0.1) is 17.8 Å². The Morgan fingerprint density at radius 1 is 1.26 bits per heavy atom. The van der Waals surface area contributed by atoms with Crippen molar-refractivity contribution in [3.63, 3.8) is 0 Å². The van der Waals surface area contributed by atoms with Gasteiger partial charge in [0, 0.05) is 24.8 Å². The van der Waals surface area contributed by atoms with Crippen molar-refractivity contribution in [1.29, 1.82) is 0 Å². The van der Waals surface area contributed by atoms with E-state index in [-0.39, 0.29) is 0 Å². The van der Waals surface area contributed by atoms with Crippen molar-refractivity contribution < 1.29 is 0 Å². The van der Waals surface area contributed by atoms with Crippen LogP contribution >= 0.6 is 12.2 Å². The molecule has 0 aliphatic heterocycles. The van der Waals surface area contributed by atoms with E-state index in [1.165, 1.54) is 37.9 Å². The van der Waals surface area contributed by atoms with Crippen molar-refractivity contribution in [2.75, 3.05) is 18.5 Å². The van der Waals surface area contributed by atoms with E-state index in [0.29, 0.717) is 4.99 Å². The Bertz CT molecular complexity index is 468. The molecule has 2 nitrogen and oxygen atoms in total. The Morgan fingerprint density at radius 2 is 2.00 bits per heavy atom. The van der Waals surface area contributed by atoms with Crippen molar-refractivity contribution >= 4 is 22.9 Å². The van der Waals surface area contributed by atoms with Gasteiger partial charge in [0.25, 0.3) is 0 Å². The molecule has 0 radical (unpaired) electrons. The van der Waals surface area contributed by atoms with Gasteiger partial charge < -0.3 is 10.6 Å². The molecule has 2 fully saturated rings. The van der Waals surface area contributed by atoms with Crippen LogP contribution in [0.4, 0.5) is 5.69 Å². The quantitative estimate of drug-likeness (QED) is 0.855. The molecular formula is C16H22N2S. The molecule has 102 valence electrons. The summed E-state index contributed by atoms with van der Waals surface area (Å²) < 4.78 is 0. The Hall–Kier alpha value is -1.09. The predicted molar refractivity (Wildman–Crippen MR) is 84.5 cm³/mol. The Kier molecular flexibility index (Phi) is 3.48. The SMILES string of the molecule is CN(CC1CC2CCC1C2)c1ccc(C(N)=S)cc1. The van der Waals surface area contributed by atoms with Crippen LogP contribution in [0.5, 0.6) is 0 Å². The predicted octanol–water partition coefficient (Wildman–Crippen LogP) is 3.19. The summed E-state index contributed by atoms with van der Waals surface area (Å²) in [7, 11) is 2.20. The number of hydrogen-bond donors (Lipinski definition) is 1. The van der Waals surface area contributed by atoms with Crippen LogP contribution in [0.25, 0.3) is 0 Å². The smallest absolute Gasteiger partial charge is 0.103 e. The van der Waals surface area contributed by atoms with Gasteiger partial charge in [0.05, 0.1) is 0 Å². The van der Waals surface area contributed by atoms with E-state index in [9.17, 15) is 0 Å². The molecule has 0 amide bonds. The minimum Gasteiger partial charge on any atom is -0.389 e. The largest absolute Gasteiger partial charge is 0.389 e. The molecule has 1 aromatic carbocycles. The van der Waals surface area contributed by atoms with Crippen molar-refractivity contribution in [1.82, 2.24) is 0 Å². The van der Waals surface area contributed by atoms with E-state index in [1.54, 1.807) is 0 Å². The third-order valence-electron chi connectivity index (χ3n) is 4.99. The first kappa shape index (κ1) is 12.9. The monoisotopic (exact) mass is 274 g/mol. The maximum Gasteiger partial charge on any atom is 0.103 e. The van der Waals surface area contributed by atoms with E-state index in [2.05, 4.69) is 24.1 Å². The summed E-state index contributed by atoms with van der Waals surface area (Å²) in [5.74, 6) is 2.92. The summed E-state index contributed by atoms with van der Waals surface area (Å²) in [6, 6.07) is 8.30. The van der Waals surface area contributed by atoms with Gasteiger partial charge in [-0.15, -0.1) is 0 Å². The standard InChI is InChI=1S/C16H22N2S/c1-18(10-14-9-11-2-3-13(14)8-11)15-6-4-12(5-7-15)16(17)19/h4-7,11,13-14H,2-3,8-10H2,1H3,(H2,17,19). The normalized spacial score (nSPS) is 28.6. The second kappa shape index (κ2) is 5.12. The maximum absolute atomic E-state index is 5.63. The van der Waals surface area contributed by atoms with E-state index in [0.717, 1.165) is 23.3 Å². The average Bonchev–Trinajstić information content (AvgIpc) is 3.01. The molecule has 3 atom stereocenters. The molecule has 3 heteroatoms. The first-order valence-corrected chi connectivity index (χ1v) is 7.65. The van der Waals surface area contributed by atoms with Gasteiger partial charge in [-0.3, -0.25) is 0 Å². The van der Waals surface area contributed by atoms with E-state index in [1.807, 2.05) is 12.1 Å². The number of nitrogens with zero attached hydrogens (tertiary/aromatic N) is 1. The van der Waals surface area contributed by atoms with Crippen LogP contribution in [0.2, 0.25) is 0 Å². The third kappa shape index (κ3) is 2.62. The van der Waals surface area contributed by atoms with Gasteiger partial charge in [0.2, 0.25) is 0 Å². The lowest BCUT2D eigenvalue weighted by atomic mass is 9.88. The van der Waals surface area contributed by atoms with Gasteiger partial charge in [0.1, 0.15) is 4.99 Å². The third-order valence-corrected chi connectivity index (χ3v) is 5.22. The zero-order valence-corrected chi connectivity index (χ0v) is 12.3. The summed E-state index contributed by atoms with van der Waals surface area (Å²) in [6.45, 7) is 1.19. The van der Waals surface area contributed by atoms with Crippen LogP contribution in [0.1, 0.15) is 31.2 Å². The average molecular weight is 274 g/mol. The highest BCUT2D eigenvalue weighted by molar-refractivity contribution is 7.80. The zero-order valence-electron chi connectivity index (χ0n) is 11.5. The molecule has 0 heterocycles. The van der Waals surface area contributed by atoms with Crippen LogP contribution in [0.15, 0.2) is 24.3 Å². The maximum atomic E-state index is 5.63. The fraction of sp³-hybridized carbons (Fsp3) is 0.562. The number of thiocarbonyl (C=S) groups is 1. The summed E-state index contributed by atoms with van der Waals surface area (Å²) >= 11 is 4.99. The Morgan fingerprint density at radius 3 is 2.53 bits per heavy atom. The summed E-state index contributed by atoms with van der Waals surface area (Å²) in [4.78, 5) is 2.86. The molecule has 2 aliphatic carbocycles. The molecule has 2 saturated carbocycles. The highest BCUT2D eigenvalue weighted by atomic mass is 32.1. The van der Waals surface area contributed by atoms with Crippen molar-refractivity contribution in [3.8, 4) is 0 Å². The molecule has 0 aromatic heterocycles. The van der Waals surface area contributed by atoms with Crippen LogP contribution in [-0.4, -0.2) is 18.6 Å². The zero-order chi connectivity index (χ0) is 13.4. The number of nitrogens with two attached hydrogens (primary N) is 1. The molecular weight excluding hydrogens is 252 g/mol. The fourth-order valence-electron chi connectivity index (χ4n) is 3.94. The van der Waals surface area contributed by atoms with E-state index in [4.69, 9.17) is 18.0 Å². The topological polar surface area (TPSA) is 29.3 Å². The van der Waals surface area contributed by atoms with Gasteiger partial charge in [-0.1, -0.05) is 18.6 Å². The lowest BCUT2D eigenvalue weighted by Crippen LogP contribution is -2.28. The van der Waals surface area contributed by atoms with Gasteiger partial charge in [0.15, 0.2) is 0 Å². The Balaban J connectivity index is 1.63. The van der Waals surface area contributed by atoms with E-state index < -0.39 is 0 Å². The van der Waals surface area contributed by atoms with Crippen molar-refractivity contribution in [2.24, 2.45) is 23.5 Å². The lowest BCUT2D eigenvalue weighted by Gasteiger charge is -2.28. The van der Waals surface area contributed by atoms with Crippen LogP contribution < -0.4 is 10.6 Å². The number of anilines is 1. The first-order valence-electron chi connectivity index (χ1n) is 7.24. The van der Waals surface area contributed by atoms with Gasteiger partial charge in [-0.2, -0.15) is 0 Å². The van der Waals surface area contributed by atoms with Crippen LogP contribution in [0.3, 0.4) is 0 Å². The molecule has 2 bridgehead atoms. The van der Waals surface area contributed by atoms with E-state index >= 15 is 0 Å². The van der Waals surface area contributed by atoms with Crippen LogP contribution in [-0.2, 0) is 0 Å². The molecule has 2 N–H and O–H groups in total. The Labute approximate surface area is 121 Å². The van der Waals surface area contributed by atoms with Crippen molar-refractivity contribution in [2.45, 2.75) is 25.7 Å². The van der Waals surface area contributed by atoms with Gasteiger partial charge in [-0.05, 0) is 61.3 Å². The highest BCUT2D eigenvalue weighted by Gasteiger charge is 2.39. The molecule has 2 aliphatic rings. The first-order chi connectivity index (χ1) is 9.13. The molecule has 0 spiro atoms. The minimum atomic E-state index is 0.474. The van der Waals surface area contributed by atoms with Gasteiger partial charge in [-0.25, -0.2) is 0 Å². The lowest BCUT2D eigenvalue weighted by molar-refractivity contribution is 0.337. The molecule has 3 rings (SSSR count). The second-order valence-corrected chi connectivity index (χ2v) is 6.67. The number of rotatable bonds is 4. The van der Waals surface area contributed by atoms with Crippen molar-refractivity contribution in [3.05, 3.63) is 29.8 Å². The summed E-state index contributed by atoms with van der Waals surface area (Å²) in [6.07, 6.45) is 5.87. The number of hydrogen-bond acceptors (Lipinski definition) is 2. The molecule has 1 aromatic rings. The minimum absolute atomic E-state index is 0.474. The fourth-order valence-corrected chi connectivity index (χ4v) is 4.07. The highest BCUT2D eigenvalue weighted by Crippen LogP contribution is 2.48. The summed E-state index contributed by atoms with van der Waals surface area (Å²) in [5, 5.41) is 0. The molecule has 3 unspecified atom stereocenters. The molecule has 19 heavy (non-hydrogen) atoms. The van der Waals surface area contributed by atoms with Gasteiger partial charge >= 0.3 is 0 Å². The number of fused-ring (bicyclic) bond motifs is 2. The second-order valence-electron chi connectivity index (χ2n) is 6.23.